The number of imidazole rings is 1. The maximum absolute atomic E-state index is 11.8. The summed E-state index contributed by atoms with van der Waals surface area (Å²) >= 11 is 0. The second kappa shape index (κ2) is 7.94. The molecule has 1 aromatic heterocycles. The molecule has 0 saturated carbocycles. The van der Waals surface area contributed by atoms with Gasteiger partial charge in [-0.3, -0.25) is 4.79 Å². The summed E-state index contributed by atoms with van der Waals surface area (Å²) in [5, 5.41) is 2.88. The van der Waals surface area contributed by atoms with Crippen LogP contribution in [-0.4, -0.2) is 28.2 Å². The third-order valence-electron chi connectivity index (χ3n) is 2.75. The number of rotatable bonds is 8. The molecule has 5 heteroatoms. The SMILES string of the molecule is CCCO[C@@H](C)C(=O)NCc1cncn1CC(C)C. The second-order valence-corrected chi connectivity index (χ2v) is 5.16. The number of carbonyl (C=O) groups is 1. The Morgan fingerprint density at radius 2 is 2.21 bits per heavy atom. The van der Waals surface area contributed by atoms with Crippen molar-refractivity contribution in [3.63, 3.8) is 0 Å². The van der Waals surface area contributed by atoms with E-state index in [1.807, 2.05) is 6.92 Å². The lowest BCUT2D eigenvalue weighted by molar-refractivity contribution is -0.131. The van der Waals surface area contributed by atoms with Gasteiger partial charge in [-0.25, -0.2) is 4.98 Å². The van der Waals surface area contributed by atoms with Gasteiger partial charge in [0.25, 0.3) is 0 Å². The van der Waals surface area contributed by atoms with Crippen LogP contribution >= 0.6 is 0 Å². The van der Waals surface area contributed by atoms with E-state index in [-0.39, 0.29) is 5.91 Å². The van der Waals surface area contributed by atoms with E-state index in [0.717, 1.165) is 18.7 Å². The first-order valence-corrected chi connectivity index (χ1v) is 6.92. The van der Waals surface area contributed by atoms with Gasteiger partial charge in [0.05, 0.1) is 18.6 Å². The van der Waals surface area contributed by atoms with Crippen LogP contribution in [0, 0.1) is 5.92 Å². The Morgan fingerprint density at radius 1 is 1.47 bits per heavy atom. The van der Waals surface area contributed by atoms with Gasteiger partial charge < -0.3 is 14.6 Å². The molecule has 0 aliphatic carbocycles. The molecule has 1 N–H and O–H groups in total. The molecule has 0 aromatic carbocycles. The average Bonchev–Trinajstić information content (AvgIpc) is 2.79. The fourth-order valence-electron chi connectivity index (χ4n) is 1.74. The molecule has 1 aromatic rings. The number of ether oxygens (including phenoxy) is 1. The molecule has 1 heterocycles. The van der Waals surface area contributed by atoms with E-state index >= 15 is 0 Å². The van der Waals surface area contributed by atoms with Gasteiger partial charge in [-0.15, -0.1) is 0 Å². The van der Waals surface area contributed by atoms with Gasteiger partial charge >= 0.3 is 0 Å². The zero-order chi connectivity index (χ0) is 14.3. The third-order valence-corrected chi connectivity index (χ3v) is 2.75. The zero-order valence-electron chi connectivity index (χ0n) is 12.3. The smallest absolute Gasteiger partial charge is 0.249 e. The minimum absolute atomic E-state index is 0.0780. The van der Waals surface area contributed by atoms with Gasteiger partial charge in [0.15, 0.2) is 0 Å². The van der Waals surface area contributed by atoms with Gasteiger partial charge in [0.1, 0.15) is 6.10 Å². The lowest BCUT2D eigenvalue weighted by Gasteiger charge is -2.14. The third kappa shape index (κ3) is 5.42. The molecular weight excluding hydrogens is 242 g/mol. The van der Waals surface area contributed by atoms with Crippen molar-refractivity contribution in [2.75, 3.05) is 6.61 Å². The van der Waals surface area contributed by atoms with E-state index in [1.54, 1.807) is 19.4 Å². The van der Waals surface area contributed by atoms with Crippen LogP contribution < -0.4 is 5.32 Å². The number of hydrogen-bond donors (Lipinski definition) is 1. The molecule has 1 rings (SSSR count). The Bertz CT molecular complexity index is 388. The molecule has 0 radical (unpaired) electrons. The highest BCUT2D eigenvalue weighted by molar-refractivity contribution is 5.80. The van der Waals surface area contributed by atoms with E-state index in [9.17, 15) is 4.79 Å². The number of hydrogen-bond acceptors (Lipinski definition) is 3. The number of amides is 1. The minimum Gasteiger partial charge on any atom is -0.369 e. The summed E-state index contributed by atoms with van der Waals surface area (Å²) in [6.45, 7) is 10.1. The normalized spacial score (nSPS) is 12.7. The lowest BCUT2D eigenvalue weighted by Crippen LogP contribution is -2.34. The standard InChI is InChI=1S/C14H25N3O2/c1-5-6-19-12(4)14(18)16-8-13-7-15-10-17(13)9-11(2)3/h7,10-12H,5-6,8-9H2,1-4H3,(H,16,18)/t12-/m0/s1. The van der Waals surface area contributed by atoms with Gasteiger partial charge in [0.2, 0.25) is 5.91 Å². The molecule has 5 nitrogen and oxygen atoms in total. The molecule has 19 heavy (non-hydrogen) atoms. The van der Waals surface area contributed by atoms with Crippen LogP contribution in [0.2, 0.25) is 0 Å². The highest BCUT2D eigenvalue weighted by Crippen LogP contribution is 2.04. The highest BCUT2D eigenvalue weighted by Gasteiger charge is 2.13. The molecule has 0 bridgehead atoms. The molecule has 0 fully saturated rings. The van der Waals surface area contributed by atoms with Crippen LogP contribution in [0.15, 0.2) is 12.5 Å². The maximum atomic E-state index is 11.8. The van der Waals surface area contributed by atoms with E-state index in [1.165, 1.54) is 0 Å². The van der Waals surface area contributed by atoms with Crippen LogP contribution in [0.5, 0.6) is 0 Å². The first-order chi connectivity index (χ1) is 9.04. The van der Waals surface area contributed by atoms with Gasteiger partial charge in [-0.05, 0) is 19.3 Å². The Morgan fingerprint density at radius 3 is 2.84 bits per heavy atom. The Kier molecular flexibility index (Phi) is 6.56. The van der Waals surface area contributed by atoms with E-state index in [4.69, 9.17) is 4.74 Å². The van der Waals surface area contributed by atoms with Crippen molar-refractivity contribution in [3.8, 4) is 0 Å². The van der Waals surface area contributed by atoms with Crippen LogP contribution in [0.4, 0.5) is 0 Å². The fourth-order valence-corrected chi connectivity index (χ4v) is 1.74. The number of nitrogens with zero attached hydrogens (tertiary/aromatic N) is 2. The van der Waals surface area contributed by atoms with Crippen molar-refractivity contribution in [3.05, 3.63) is 18.2 Å². The van der Waals surface area contributed by atoms with Crippen LogP contribution in [0.25, 0.3) is 0 Å². The number of aromatic nitrogens is 2. The molecule has 0 aliphatic heterocycles. The monoisotopic (exact) mass is 267 g/mol. The Hall–Kier alpha value is -1.36. The number of nitrogens with one attached hydrogen (secondary N) is 1. The molecule has 0 aliphatic rings. The first-order valence-electron chi connectivity index (χ1n) is 6.92. The van der Waals surface area contributed by atoms with Crippen molar-refractivity contribution >= 4 is 5.91 Å². The zero-order valence-corrected chi connectivity index (χ0v) is 12.3. The minimum atomic E-state index is -0.401. The lowest BCUT2D eigenvalue weighted by atomic mass is 10.2. The Labute approximate surface area is 115 Å². The molecule has 1 atom stereocenters. The van der Waals surface area contributed by atoms with Crippen molar-refractivity contribution in [1.82, 2.24) is 14.9 Å². The summed E-state index contributed by atoms with van der Waals surface area (Å²) in [5.41, 5.74) is 1.02. The van der Waals surface area contributed by atoms with Gasteiger partial charge in [-0.1, -0.05) is 20.8 Å². The first kappa shape index (κ1) is 15.7. The summed E-state index contributed by atoms with van der Waals surface area (Å²) < 4.78 is 7.46. The van der Waals surface area contributed by atoms with Crippen LogP contribution in [0.1, 0.15) is 39.8 Å². The molecular formula is C14H25N3O2. The molecule has 108 valence electrons. The number of carbonyl (C=O) groups excluding carboxylic acids is 1. The predicted octanol–water partition coefficient (Wildman–Crippen LogP) is 1.97. The van der Waals surface area contributed by atoms with Crippen molar-refractivity contribution in [1.29, 1.82) is 0 Å². The molecule has 0 saturated heterocycles. The second-order valence-electron chi connectivity index (χ2n) is 5.16. The quantitative estimate of drug-likeness (QED) is 0.783. The summed E-state index contributed by atoms with van der Waals surface area (Å²) in [5.74, 6) is 0.473. The molecule has 0 unspecified atom stereocenters. The van der Waals surface area contributed by atoms with E-state index in [0.29, 0.717) is 19.1 Å². The highest BCUT2D eigenvalue weighted by atomic mass is 16.5. The van der Waals surface area contributed by atoms with Crippen molar-refractivity contribution in [2.24, 2.45) is 5.92 Å². The Balaban J connectivity index is 2.43. The topological polar surface area (TPSA) is 56.1 Å². The van der Waals surface area contributed by atoms with E-state index < -0.39 is 6.10 Å². The van der Waals surface area contributed by atoms with Crippen molar-refractivity contribution < 1.29 is 9.53 Å². The largest absolute Gasteiger partial charge is 0.369 e. The summed E-state index contributed by atoms with van der Waals surface area (Å²) in [6.07, 6.45) is 4.11. The maximum Gasteiger partial charge on any atom is 0.249 e. The van der Waals surface area contributed by atoms with Crippen LogP contribution in [0.3, 0.4) is 0 Å². The summed E-state index contributed by atoms with van der Waals surface area (Å²) in [7, 11) is 0. The average molecular weight is 267 g/mol. The predicted molar refractivity (Wildman–Crippen MR) is 74.6 cm³/mol. The van der Waals surface area contributed by atoms with Gasteiger partial charge in [-0.2, -0.15) is 0 Å². The van der Waals surface area contributed by atoms with Crippen molar-refractivity contribution in [2.45, 2.75) is 53.3 Å². The summed E-state index contributed by atoms with van der Waals surface area (Å²) in [4.78, 5) is 15.9. The van der Waals surface area contributed by atoms with Gasteiger partial charge in [0, 0.05) is 19.3 Å². The van der Waals surface area contributed by atoms with E-state index in [2.05, 4.69) is 28.7 Å². The fraction of sp³-hybridized carbons (Fsp3) is 0.714. The van der Waals surface area contributed by atoms with Crippen LogP contribution in [-0.2, 0) is 22.6 Å². The molecule has 1 amide bonds. The summed E-state index contributed by atoms with van der Waals surface area (Å²) in [6, 6.07) is 0. The molecule has 0 spiro atoms.